The first kappa shape index (κ1) is 20.6. The maximum absolute atomic E-state index is 12.9. The molecular weight excluding hydrogens is 366 g/mol. The number of hydrogen-bond donors (Lipinski definition) is 0. The zero-order valence-corrected chi connectivity index (χ0v) is 17.6. The first-order chi connectivity index (χ1) is 13.9. The molecule has 0 spiro atoms. The molecule has 152 valence electrons. The van der Waals surface area contributed by atoms with E-state index in [1.54, 1.807) is 11.9 Å². The van der Waals surface area contributed by atoms with E-state index in [1.165, 1.54) is 0 Å². The summed E-state index contributed by atoms with van der Waals surface area (Å²) in [6.07, 6.45) is -0.00457. The molecule has 0 unspecified atom stereocenters. The Hall–Kier alpha value is -3.15. The number of benzene rings is 2. The Kier molecular flexibility index (Phi) is 6.32. The molecule has 0 saturated carbocycles. The van der Waals surface area contributed by atoms with Crippen molar-refractivity contribution in [3.63, 3.8) is 0 Å². The van der Waals surface area contributed by atoms with Crippen LogP contribution in [0.3, 0.4) is 0 Å². The number of likely N-dealkylation sites (N-methyl/N-ethyl adjacent to an activating group) is 1. The van der Waals surface area contributed by atoms with E-state index in [0.29, 0.717) is 18.1 Å². The van der Waals surface area contributed by atoms with Gasteiger partial charge < -0.3 is 14.2 Å². The van der Waals surface area contributed by atoms with Gasteiger partial charge in [0.05, 0.1) is 6.54 Å². The Balaban J connectivity index is 1.67. The quantitative estimate of drug-likeness (QED) is 0.592. The molecule has 2 aromatic carbocycles. The van der Waals surface area contributed by atoms with Gasteiger partial charge in [0.15, 0.2) is 6.10 Å². The molecule has 0 N–H and O–H groups in total. The molecule has 6 nitrogen and oxygen atoms in total. The van der Waals surface area contributed by atoms with E-state index in [0.717, 1.165) is 28.0 Å². The number of amides is 1. The van der Waals surface area contributed by atoms with Crippen LogP contribution in [-0.4, -0.2) is 34.1 Å². The number of ether oxygens (including phenoxy) is 1. The molecule has 0 aliphatic carbocycles. The van der Waals surface area contributed by atoms with Crippen molar-refractivity contribution < 1.29 is 14.1 Å². The summed E-state index contributed by atoms with van der Waals surface area (Å²) in [5.41, 5.74) is 4.18. The zero-order valence-electron chi connectivity index (χ0n) is 17.6. The maximum Gasteiger partial charge on any atom is 0.263 e. The van der Waals surface area contributed by atoms with Crippen molar-refractivity contribution in [2.24, 2.45) is 0 Å². The van der Waals surface area contributed by atoms with Crippen molar-refractivity contribution in [3.8, 4) is 17.1 Å². The number of carbonyl (C=O) groups excluding carboxylic acids is 1. The standard InChI is InChI=1S/C23H27N3O3/c1-6-19(28-20-11-10-16(3)12-17(20)4)23(27)26(5)14-21-24-22(25-29-21)18-9-7-8-15(2)13-18/h7-13,19H,6,14H2,1-5H3/t19-/m1/s1. The SMILES string of the molecule is CC[C@@H](Oc1ccc(C)cc1C)C(=O)N(C)Cc1nc(-c2cccc(C)c2)no1. The highest BCUT2D eigenvalue weighted by Crippen LogP contribution is 2.22. The van der Waals surface area contributed by atoms with Crippen LogP contribution in [0.2, 0.25) is 0 Å². The minimum atomic E-state index is -0.569. The molecule has 0 aliphatic rings. The summed E-state index contributed by atoms with van der Waals surface area (Å²) in [6, 6.07) is 13.8. The van der Waals surface area contributed by atoms with Gasteiger partial charge in [-0.15, -0.1) is 0 Å². The average molecular weight is 393 g/mol. The predicted molar refractivity (Wildman–Crippen MR) is 112 cm³/mol. The summed E-state index contributed by atoms with van der Waals surface area (Å²) in [5, 5.41) is 4.04. The van der Waals surface area contributed by atoms with Gasteiger partial charge in [0, 0.05) is 12.6 Å². The first-order valence-electron chi connectivity index (χ1n) is 9.76. The van der Waals surface area contributed by atoms with Crippen LogP contribution in [0.5, 0.6) is 5.75 Å². The van der Waals surface area contributed by atoms with Crippen LogP contribution in [-0.2, 0) is 11.3 Å². The highest BCUT2D eigenvalue weighted by Gasteiger charge is 2.24. The third kappa shape index (κ3) is 5.02. The molecule has 6 heteroatoms. The lowest BCUT2D eigenvalue weighted by Gasteiger charge is -2.23. The molecule has 3 aromatic rings. The number of aryl methyl sites for hydroxylation is 3. The summed E-state index contributed by atoms with van der Waals surface area (Å²) in [7, 11) is 1.72. The van der Waals surface area contributed by atoms with E-state index in [-0.39, 0.29) is 12.5 Å². The predicted octanol–water partition coefficient (Wildman–Crippen LogP) is 4.48. The molecule has 0 aliphatic heterocycles. The number of aromatic nitrogens is 2. The Morgan fingerprint density at radius 1 is 1.14 bits per heavy atom. The number of nitrogens with zero attached hydrogens (tertiary/aromatic N) is 3. The van der Waals surface area contributed by atoms with Gasteiger partial charge in [-0.25, -0.2) is 0 Å². The molecular formula is C23H27N3O3. The van der Waals surface area contributed by atoms with E-state index < -0.39 is 6.10 Å². The Morgan fingerprint density at radius 3 is 2.59 bits per heavy atom. The topological polar surface area (TPSA) is 68.5 Å². The molecule has 29 heavy (non-hydrogen) atoms. The minimum absolute atomic E-state index is 0.122. The van der Waals surface area contributed by atoms with Crippen LogP contribution in [0.15, 0.2) is 47.0 Å². The van der Waals surface area contributed by atoms with Crippen LogP contribution >= 0.6 is 0 Å². The van der Waals surface area contributed by atoms with Crippen molar-refractivity contribution in [1.29, 1.82) is 0 Å². The number of carbonyl (C=O) groups is 1. The largest absolute Gasteiger partial charge is 0.480 e. The summed E-state index contributed by atoms with van der Waals surface area (Å²) < 4.78 is 11.3. The third-order valence-electron chi connectivity index (χ3n) is 4.74. The molecule has 1 heterocycles. The second-order valence-corrected chi connectivity index (χ2v) is 7.36. The van der Waals surface area contributed by atoms with Gasteiger partial charge >= 0.3 is 0 Å². The second-order valence-electron chi connectivity index (χ2n) is 7.36. The summed E-state index contributed by atoms with van der Waals surface area (Å²) in [4.78, 5) is 18.9. The molecule has 0 radical (unpaired) electrons. The monoisotopic (exact) mass is 393 g/mol. The smallest absolute Gasteiger partial charge is 0.263 e. The summed E-state index contributed by atoms with van der Waals surface area (Å²) in [5.74, 6) is 1.51. The normalized spacial score (nSPS) is 11.9. The molecule has 1 aromatic heterocycles. The minimum Gasteiger partial charge on any atom is -0.480 e. The van der Waals surface area contributed by atoms with Gasteiger partial charge in [-0.2, -0.15) is 4.98 Å². The lowest BCUT2D eigenvalue weighted by molar-refractivity contribution is -0.138. The second kappa shape index (κ2) is 8.90. The molecule has 0 bridgehead atoms. The van der Waals surface area contributed by atoms with Crippen LogP contribution in [0.4, 0.5) is 0 Å². The fourth-order valence-corrected chi connectivity index (χ4v) is 3.14. The van der Waals surface area contributed by atoms with Crippen LogP contribution in [0.25, 0.3) is 11.4 Å². The summed E-state index contributed by atoms with van der Waals surface area (Å²) >= 11 is 0. The van der Waals surface area contributed by atoms with Crippen molar-refractivity contribution >= 4 is 5.91 Å². The zero-order chi connectivity index (χ0) is 21.0. The van der Waals surface area contributed by atoms with Crippen LogP contribution in [0.1, 0.15) is 35.9 Å². The van der Waals surface area contributed by atoms with E-state index in [9.17, 15) is 4.79 Å². The van der Waals surface area contributed by atoms with Crippen molar-refractivity contribution in [1.82, 2.24) is 15.0 Å². The van der Waals surface area contributed by atoms with Crippen molar-refractivity contribution in [2.75, 3.05) is 7.05 Å². The van der Waals surface area contributed by atoms with Gasteiger partial charge in [-0.1, -0.05) is 53.5 Å². The number of rotatable bonds is 7. The highest BCUT2D eigenvalue weighted by atomic mass is 16.5. The number of hydrogen-bond acceptors (Lipinski definition) is 5. The highest BCUT2D eigenvalue weighted by molar-refractivity contribution is 5.81. The van der Waals surface area contributed by atoms with Crippen LogP contribution < -0.4 is 4.74 Å². The Bertz CT molecular complexity index is 997. The molecule has 1 atom stereocenters. The lowest BCUT2D eigenvalue weighted by Crippen LogP contribution is -2.39. The van der Waals surface area contributed by atoms with Gasteiger partial charge in [0.25, 0.3) is 5.91 Å². The molecule has 0 fully saturated rings. The van der Waals surface area contributed by atoms with E-state index in [4.69, 9.17) is 9.26 Å². The Morgan fingerprint density at radius 2 is 1.90 bits per heavy atom. The van der Waals surface area contributed by atoms with E-state index in [1.807, 2.05) is 70.2 Å². The fraction of sp³-hybridized carbons (Fsp3) is 0.348. The van der Waals surface area contributed by atoms with Gasteiger partial charge in [-0.3, -0.25) is 4.79 Å². The van der Waals surface area contributed by atoms with Gasteiger partial charge in [-0.05, 0) is 44.9 Å². The van der Waals surface area contributed by atoms with Gasteiger partial charge in [0.1, 0.15) is 5.75 Å². The van der Waals surface area contributed by atoms with Crippen molar-refractivity contribution in [3.05, 3.63) is 65.0 Å². The van der Waals surface area contributed by atoms with Crippen molar-refractivity contribution in [2.45, 2.75) is 46.8 Å². The Labute approximate surface area is 171 Å². The van der Waals surface area contributed by atoms with E-state index in [2.05, 4.69) is 10.1 Å². The van der Waals surface area contributed by atoms with E-state index >= 15 is 0 Å². The first-order valence-corrected chi connectivity index (χ1v) is 9.76. The average Bonchev–Trinajstić information content (AvgIpc) is 3.15. The molecule has 3 rings (SSSR count). The third-order valence-corrected chi connectivity index (χ3v) is 4.74. The molecule has 0 saturated heterocycles. The fourth-order valence-electron chi connectivity index (χ4n) is 3.14. The molecule has 1 amide bonds. The van der Waals surface area contributed by atoms with Crippen LogP contribution in [0, 0.1) is 20.8 Å². The lowest BCUT2D eigenvalue weighted by atomic mass is 10.1. The van der Waals surface area contributed by atoms with Gasteiger partial charge in [0.2, 0.25) is 11.7 Å². The summed E-state index contributed by atoms with van der Waals surface area (Å²) in [6.45, 7) is 8.18. The maximum atomic E-state index is 12.9.